The summed E-state index contributed by atoms with van der Waals surface area (Å²) in [7, 11) is 1.90. The van der Waals surface area contributed by atoms with Crippen molar-refractivity contribution < 1.29 is 41.8 Å². The van der Waals surface area contributed by atoms with Gasteiger partial charge >= 0.3 is 18.1 Å². The van der Waals surface area contributed by atoms with Gasteiger partial charge in [-0.05, 0) is 110 Å². The Morgan fingerprint density at radius 1 is 0.770 bits per heavy atom. The first-order valence-electron chi connectivity index (χ1n) is 19.2. The standard InChI is InChI=1S/C23H18F3N3O3.C23H18FN3O2/c1-12-3-2-8-29(12)21-20(27-16-6-4-13(22(30)31)10-17(16)28-21)19-11-14-9-15(23(24,25)26)5-7-18(14)32-19;1-27(14-15-5-3-2-4-6-15)22-21(16-7-10-18(24)11-8-16)25-19-12-9-17(23(28)29)13-20(19)26-22/h4-7,9-12H,2-3,8H2,1H3,(H,30,31);2-13H,14H2,1H3,(H,28,29)/t12-;/m0./s1. The van der Waals surface area contributed by atoms with Crippen molar-refractivity contribution in [3.8, 4) is 22.7 Å². The van der Waals surface area contributed by atoms with Crippen molar-refractivity contribution in [3.63, 3.8) is 0 Å². The van der Waals surface area contributed by atoms with E-state index in [9.17, 15) is 37.4 Å². The van der Waals surface area contributed by atoms with E-state index in [0.29, 0.717) is 68.4 Å². The molecule has 0 aliphatic carbocycles. The fourth-order valence-electron chi connectivity index (χ4n) is 7.31. The van der Waals surface area contributed by atoms with Crippen LogP contribution in [-0.2, 0) is 12.7 Å². The predicted octanol–water partition coefficient (Wildman–Crippen LogP) is 10.5. The number of hydrogen-bond donors (Lipinski definition) is 2. The van der Waals surface area contributed by atoms with E-state index in [2.05, 4.69) is 16.8 Å². The number of carbonyl (C=O) groups is 2. The molecule has 11 nitrogen and oxygen atoms in total. The number of benzene rings is 5. The van der Waals surface area contributed by atoms with Crippen LogP contribution in [0.4, 0.5) is 29.2 Å². The summed E-state index contributed by atoms with van der Waals surface area (Å²) in [5.41, 5.74) is 4.64. The van der Waals surface area contributed by atoms with E-state index in [0.717, 1.165) is 42.6 Å². The van der Waals surface area contributed by atoms with Gasteiger partial charge in [0, 0.05) is 37.1 Å². The number of aromatic carboxylic acids is 2. The van der Waals surface area contributed by atoms with Gasteiger partial charge in [-0.15, -0.1) is 0 Å². The van der Waals surface area contributed by atoms with Crippen molar-refractivity contribution in [2.75, 3.05) is 23.4 Å². The van der Waals surface area contributed by atoms with E-state index in [4.69, 9.17) is 19.4 Å². The maximum absolute atomic E-state index is 13.4. The molecule has 5 aromatic carbocycles. The number of halogens is 4. The van der Waals surface area contributed by atoms with E-state index in [-0.39, 0.29) is 23.0 Å². The Bertz CT molecular complexity index is 2940. The van der Waals surface area contributed by atoms with Gasteiger partial charge in [0.15, 0.2) is 17.4 Å². The largest absolute Gasteiger partial charge is 0.478 e. The minimum Gasteiger partial charge on any atom is -0.478 e. The Morgan fingerprint density at radius 3 is 2.02 bits per heavy atom. The summed E-state index contributed by atoms with van der Waals surface area (Å²) >= 11 is 0. The second-order valence-corrected chi connectivity index (χ2v) is 14.7. The molecule has 4 heterocycles. The SMILES string of the molecule is CN(Cc1ccccc1)c1nc2cc(C(=O)O)ccc2nc1-c1ccc(F)cc1.C[C@H]1CCCN1c1nc2cc(C(=O)O)ccc2nc1-c1cc2cc(C(F)(F)F)ccc2o1. The highest BCUT2D eigenvalue weighted by atomic mass is 19.4. The van der Waals surface area contributed by atoms with Gasteiger partial charge in [-0.25, -0.2) is 33.9 Å². The molecule has 8 aromatic rings. The third-order valence-corrected chi connectivity index (χ3v) is 10.4. The molecule has 0 unspecified atom stereocenters. The zero-order valence-electron chi connectivity index (χ0n) is 32.7. The third kappa shape index (κ3) is 8.53. The topological polar surface area (TPSA) is 146 Å². The lowest BCUT2D eigenvalue weighted by Crippen LogP contribution is -2.28. The molecule has 61 heavy (non-hydrogen) atoms. The molecular weight excluding hydrogens is 793 g/mol. The van der Waals surface area contributed by atoms with E-state index in [1.807, 2.05) is 42.3 Å². The molecule has 9 rings (SSSR count). The highest BCUT2D eigenvalue weighted by Crippen LogP contribution is 2.39. The normalized spacial score (nSPS) is 14.0. The lowest BCUT2D eigenvalue weighted by atomic mass is 10.1. The first-order valence-corrected chi connectivity index (χ1v) is 19.2. The smallest absolute Gasteiger partial charge is 0.416 e. The summed E-state index contributed by atoms with van der Waals surface area (Å²) in [6.45, 7) is 3.39. The summed E-state index contributed by atoms with van der Waals surface area (Å²) in [5.74, 6) is -0.976. The molecule has 0 saturated carbocycles. The minimum absolute atomic E-state index is 0.100. The Labute approximate surface area is 345 Å². The molecule has 0 radical (unpaired) electrons. The molecular formula is C46H36F4N6O5. The van der Waals surface area contributed by atoms with Gasteiger partial charge in [0.1, 0.15) is 22.8 Å². The number of carboxylic acids is 2. The lowest BCUT2D eigenvalue weighted by molar-refractivity contribution is -0.137. The highest BCUT2D eigenvalue weighted by molar-refractivity contribution is 5.95. The molecule has 1 fully saturated rings. The van der Waals surface area contributed by atoms with Crippen LogP contribution < -0.4 is 9.80 Å². The van der Waals surface area contributed by atoms with E-state index < -0.39 is 23.7 Å². The number of alkyl halides is 3. The molecule has 0 amide bonds. The fraction of sp³-hybridized carbons (Fsp3) is 0.174. The summed E-state index contributed by atoms with van der Waals surface area (Å²) < 4.78 is 58.7. The summed E-state index contributed by atoms with van der Waals surface area (Å²) in [6.07, 6.45) is -2.53. The van der Waals surface area contributed by atoms with Gasteiger partial charge in [-0.3, -0.25) is 0 Å². The van der Waals surface area contributed by atoms with E-state index >= 15 is 0 Å². The van der Waals surface area contributed by atoms with Crippen molar-refractivity contribution in [1.82, 2.24) is 19.9 Å². The summed E-state index contributed by atoms with van der Waals surface area (Å²) in [5, 5.41) is 18.9. The quantitative estimate of drug-likeness (QED) is 0.141. The van der Waals surface area contributed by atoms with Crippen molar-refractivity contribution in [1.29, 1.82) is 0 Å². The molecule has 1 atom stereocenters. The van der Waals surface area contributed by atoms with Crippen LogP contribution in [0, 0.1) is 5.82 Å². The van der Waals surface area contributed by atoms with Gasteiger partial charge in [0.25, 0.3) is 0 Å². The zero-order valence-corrected chi connectivity index (χ0v) is 32.7. The van der Waals surface area contributed by atoms with Crippen LogP contribution in [0.25, 0.3) is 55.7 Å². The lowest BCUT2D eigenvalue weighted by Gasteiger charge is -2.24. The van der Waals surface area contributed by atoms with Crippen LogP contribution >= 0.6 is 0 Å². The Morgan fingerprint density at radius 2 is 1.41 bits per heavy atom. The average Bonchev–Trinajstić information content (AvgIpc) is 3.88. The van der Waals surface area contributed by atoms with Crippen LogP contribution in [0.1, 0.15) is 51.6 Å². The highest BCUT2D eigenvalue weighted by Gasteiger charge is 2.32. The van der Waals surface area contributed by atoms with E-state index in [1.54, 1.807) is 24.3 Å². The van der Waals surface area contributed by atoms with Crippen LogP contribution in [0.3, 0.4) is 0 Å². The molecule has 15 heteroatoms. The molecule has 1 aliphatic rings. The number of carboxylic acid groups (broad SMARTS) is 2. The molecule has 3 aromatic heterocycles. The van der Waals surface area contributed by atoms with Crippen LogP contribution in [0.2, 0.25) is 0 Å². The second-order valence-electron chi connectivity index (χ2n) is 14.7. The molecule has 0 spiro atoms. The number of hydrogen-bond acceptors (Lipinski definition) is 9. The number of anilines is 2. The first kappa shape index (κ1) is 40.4. The number of fused-ring (bicyclic) bond motifs is 3. The van der Waals surface area contributed by atoms with Gasteiger partial charge in [0.05, 0.1) is 38.8 Å². The number of furan rings is 1. The first-order chi connectivity index (χ1) is 29.2. The van der Waals surface area contributed by atoms with Crippen molar-refractivity contribution in [2.45, 2.75) is 38.5 Å². The second kappa shape index (κ2) is 16.3. The van der Waals surface area contributed by atoms with Crippen LogP contribution in [-0.4, -0.2) is 61.7 Å². The van der Waals surface area contributed by atoms with Gasteiger partial charge < -0.3 is 24.4 Å². The maximum Gasteiger partial charge on any atom is 0.416 e. The maximum atomic E-state index is 13.4. The predicted molar refractivity (Wildman–Crippen MR) is 223 cm³/mol. The summed E-state index contributed by atoms with van der Waals surface area (Å²) in [4.78, 5) is 45.6. The van der Waals surface area contributed by atoms with Crippen LogP contribution in [0.5, 0.6) is 0 Å². The number of rotatable bonds is 8. The molecule has 1 saturated heterocycles. The third-order valence-electron chi connectivity index (χ3n) is 10.4. The molecule has 1 aliphatic heterocycles. The molecule has 2 N–H and O–H groups in total. The number of aromatic nitrogens is 4. The molecule has 0 bridgehead atoms. The Hall–Kier alpha value is -7.42. The Balaban J connectivity index is 0.000000169. The monoisotopic (exact) mass is 828 g/mol. The van der Waals surface area contributed by atoms with Gasteiger partial charge in [-0.2, -0.15) is 13.2 Å². The number of nitrogens with zero attached hydrogens (tertiary/aromatic N) is 6. The van der Waals surface area contributed by atoms with Crippen LogP contribution in [0.15, 0.2) is 120 Å². The minimum atomic E-state index is -4.45. The zero-order chi connectivity index (χ0) is 43.0. The van der Waals surface area contributed by atoms with Crippen molar-refractivity contribution in [2.24, 2.45) is 0 Å². The van der Waals surface area contributed by atoms with Crippen molar-refractivity contribution in [3.05, 3.63) is 143 Å². The fourth-order valence-corrected chi connectivity index (χ4v) is 7.31. The van der Waals surface area contributed by atoms with E-state index in [1.165, 1.54) is 48.5 Å². The molecule has 308 valence electrons. The Kier molecular flexibility index (Phi) is 10.8. The van der Waals surface area contributed by atoms with Gasteiger partial charge in [0.2, 0.25) is 0 Å². The summed E-state index contributed by atoms with van der Waals surface area (Å²) in [6, 6.07) is 30.2. The van der Waals surface area contributed by atoms with Gasteiger partial charge in [-0.1, -0.05) is 30.3 Å². The van der Waals surface area contributed by atoms with Crippen molar-refractivity contribution >= 4 is 56.6 Å². The average molecular weight is 829 g/mol.